The zero-order valence-corrected chi connectivity index (χ0v) is 10.9. The topological polar surface area (TPSA) is 24.5 Å². The van der Waals surface area contributed by atoms with Crippen LogP contribution >= 0.6 is 0 Å². The highest BCUT2D eigenvalue weighted by atomic mass is 19.4. The molecule has 108 valence electrons. The summed E-state index contributed by atoms with van der Waals surface area (Å²) in [7, 11) is 1.67. The Morgan fingerprint density at radius 3 is 2.44 bits per heavy atom. The lowest BCUT2D eigenvalue weighted by Crippen LogP contribution is -2.41. The first-order valence-electron chi connectivity index (χ1n) is 6.52. The quantitative estimate of drug-likeness (QED) is 0.714. The Morgan fingerprint density at radius 1 is 1.22 bits per heavy atom. The first-order valence-corrected chi connectivity index (χ1v) is 6.52. The lowest BCUT2D eigenvalue weighted by molar-refractivity contribution is -0.184. The number of alkyl halides is 3. The Bertz CT molecular complexity index is 216. The lowest BCUT2D eigenvalue weighted by atomic mass is 9.96. The van der Waals surface area contributed by atoms with Gasteiger partial charge in [-0.3, -0.25) is 0 Å². The van der Waals surface area contributed by atoms with Gasteiger partial charge in [-0.05, 0) is 38.9 Å². The van der Waals surface area contributed by atoms with Crippen LogP contribution in [0.1, 0.15) is 19.3 Å². The lowest BCUT2D eigenvalue weighted by Gasteiger charge is -2.32. The van der Waals surface area contributed by atoms with Gasteiger partial charge < -0.3 is 15.0 Å². The summed E-state index contributed by atoms with van der Waals surface area (Å²) in [5.74, 6) is -1.09. The third kappa shape index (κ3) is 6.02. The molecule has 0 spiro atoms. The van der Waals surface area contributed by atoms with Crippen LogP contribution in [0.2, 0.25) is 0 Å². The van der Waals surface area contributed by atoms with Crippen molar-refractivity contribution < 1.29 is 17.9 Å². The molecule has 0 amide bonds. The van der Waals surface area contributed by atoms with Gasteiger partial charge in [0.15, 0.2) is 0 Å². The molecule has 0 aliphatic carbocycles. The molecule has 0 unspecified atom stereocenters. The molecular weight excluding hydrogens is 245 g/mol. The van der Waals surface area contributed by atoms with Gasteiger partial charge in [-0.2, -0.15) is 13.2 Å². The second kappa shape index (κ2) is 7.96. The normalized spacial score (nSPS) is 19.3. The van der Waals surface area contributed by atoms with Gasteiger partial charge in [0.1, 0.15) is 0 Å². The average molecular weight is 268 g/mol. The number of halogens is 3. The molecule has 0 saturated carbocycles. The van der Waals surface area contributed by atoms with Gasteiger partial charge in [-0.1, -0.05) is 0 Å². The van der Waals surface area contributed by atoms with Crippen molar-refractivity contribution in [3.05, 3.63) is 0 Å². The Hall–Kier alpha value is -0.330. The van der Waals surface area contributed by atoms with Crippen molar-refractivity contribution in [2.24, 2.45) is 5.92 Å². The van der Waals surface area contributed by atoms with E-state index in [1.807, 2.05) is 0 Å². The average Bonchev–Trinajstić information content (AvgIpc) is 2.33. The van der Waals surface area contributed by atoms with Crippen LogP contribution in [-0.4, -0.2) is 57.5 Å². The Balaban J connectivity index is 2.02. The Morgan fingerprint density at radius 2 is 1.89 bits per heavy atom. The van der Waals surface area contributed by atoms with Gasteiger partial charge in [0, 0.05) is 26.8 Å². The van der Waals surface area contributed by atoms with E-state index in [1.165, 1.54) is 0 Å². The fourth-order valence-corrected chi connectivity index (χ4v) is 2.19. The van der Waals surface area contributed by atoms with Crippen molar-refractivity contribution in [2.75, 3.05) is 46.4 Å². The van der Waals surface area contributed by atoms with E-state index in [4.69, 9.17) is 4.74 Å². The molecule has 1 saturated heterocycles. The highest BCUT2D eigenvalue weighted by Gasteiger charge is 2.40. The molecule has 1 heterocycles. The van der Waals surface area contributed by atoms with Gasteiger partial charge in [0.25, 0.3) is 0 Å². The Labute approximate surface area is 107 Å². The van der Waals surface area contributed by atoms with Crippen LogP contribution in [0.4, 0.5) is 13.2 Å². The van der Waals surface area contributed by atoms with E-state index in [9.17, 15) is 13.2 Å². The number of ether oxygens (including phenoxy) is 1. The van der Waals surface area contributed by atoms with E-state index in [0.29, 0.717) is 13.1 Å². The molecule has 0 aromatic heterocycles. The molecule has 18 heavy (non-hydrogen) atoms. The summed E-state index contributed by atoms with van der Waals surface area (Å²) < 4.78 is 42.3. The zero-order valence-electron chi connectivity index (χ0n) is 10.9. The second-order valence-corrected chi connectivity index (χ2v) is 4.75. The molecule has 0 bridgehead atoms. The van der Waals surface area contributed by atoms with E-state index >= 15 is 0 Å². The predicted octanol–water partition coefficient (Wildman–Crippen LogP) is 1.89. The molecule has 1 rings (SSSR count). The van der Waals surface area contributed by atoms with Crippen LogP contribution in [-0.2, 0) is 4.74 Å². The molecular formula is C12H23F3N2O. The van der Waals surface area contributed by atoms with Gasteiger partial charge in [0.2, 0.25) is 0 Å². The Kier molecular flexibility index (Phi) is 6.96. The number of piperidine rings is 1. The van der Waals surface area contributed by atoms with Crippen LogP contribution < -0.4 is 5.32 Å². The first-order chi connectivity index (χ1) is 8.54. The minimum Gasteiger partial charge on any atom is -0.385 e. The fourth-order valence-electron chi connectivity index (χ4n) is 2.19. The van der Waals surface area contributed by atoms with Crippen LogP contribution in [0.5, 0.6) is 0 Å². The smallest absolute Gasteiger partial charge is 0.385 e. The third-order valence-electron chi connectivity index (χ3n) is 3.36. The molecule has 1 aliphatic rings. The van der Waals surface area contributed by atoms with E-state index in [1.54, 1.807) is 7.11 Å². The number of nitrogens with one attached hydrogen (secondary N) is 1. The number of nitrogens with zero attached hydrogens (tertiary/aromatic N) is 1. The van der Waals surface area contributed by atoms with E-state index < -0.39 is 12.1 Å². The predicted molar refractivity (Wildman–Crippen MR) is 64.6 cm³/mol. The van der Waals surface area contributed by atoms with Crippen molar-refractivity contribution in [2.45, 2.75) is 25.4 Å². The van der Waals surface area contributed by atoms with Crippen molar-refractivity contribution in [1.82, 2.24) is 10.2 Å². The standard InChI is InChI=1S/C12H23F3N2O/c1-18-10-2-5-16-6-9-17-7-3-11(4-8-17)12(13,14)15/h11,16H,2-10H2,1H3. The largest absolute Gasteiger partial charge is 0.391 e. The molecule has 3 nitrogen and oxygen atoms in total. The molecule has 1 fully saturated rings. The maximum absolute atomic E-state index is 12.5. The maximum Gasteiger partial charge on any atom is 0.391 e. The first kappa shape index (κ1) is 15.7. The van der Waals surface area contributed by atoms with Crippen molar-refractivity contribution in [3.63, 3.8) is 0 Å². The number of rotatable bonds is 7. The summed E-state index contributed by atoms with van der Waals surface area (Å²) in [6.07, 6.45) is -2.56. The highest BCUT2D eigenvalue weighted by Crippen LogP contribution is 2.33. The van der Waals surface area contributed by atoms with Gasteiger partial charge in [-0.15, -0.1) is 0 Å². The van der Waals surface area contributed by atoms with Crippen molar-refractivity contribution in [1.29, 1.82) is 0 Å². The number of hydrogen-bond acceptors (Lipinski definition) is 3. The van der Waals surface area contributed by atoms with E-state index in [0.717, 1.165) is 32.7 Å². The van der Waals surface area contributed by atoms with Crippen LogP contribution in [0.3, 0.4) is 0 Å². The molecule has 0 aromatic rings. The number of methoxy groups -OCH3 is 1. The monoisotopic (exact) mass is 268 g/mol. The summed E-state index contributed by atoms with van der Waals surface area (Å²) >= 11 is 0. The van der Waals surface area contributed by atoms with Crippen molar-refractivity contribution >= 4 is 0 Å². The summed E-state index contributed by atoms with van der Waals surface area (Å²) in [4.78, 5) is 2.10. The van der Waals surface area contributed by atoms with E-state index in [2.05, 4.69) is 10.2 Å². The molecule has 1 aliphatic heterocycles. The zero-order chi connectivity index (χ0) is 13.4. The minimum absolute atomic E-state index is 0.243. The highest BCUT2D eigenvalue weighted by molar-refractivity contribution is 4.77. The third-order valence-corrected chi connectivity index (χ3v) is 3.36. The molecule has 0 atom stereocenters. The fraction of sp³-hybridized carbons (Fsp3) is 1.00. The number of likely N-dealkylation sites (tertiary alicyclic amines) is 1. The van der Waals surface area contributed by atoms with Gasteiger partial charge in [0.05, 0.1) is 5.92 Å². The summed E-state index contributed by atoms with van der Waals surface area (Å²) in [5.41, 5.74) is 0. The van der Waals surface area contributed by atoms with Crippen LogP contribution in [0, 0.1) is 5.92 Å². The summed E-state index contributed by atoms with van der Waals surface area (Å²) in [6, 6.07) is 0. The second-order valence-electron chi connectivity index (χ2n) is 4.75. The number of hydrogen-bond donors (Lipinski definition) is 1. The van der Waals surface area contributed by atoms with Crippen LogP contribution in [0.15, 0.2) is 0 Å². The summed E-state index contributed by atoms with van der Waals surface area (Å²) in [5, 5.41) is 3.27. The molecule has 6 heteroatoms. The van der Waals surface area contributed by atoms with Crippen LogP contribution in [0.25, 0.3) is 0 Å². The summed E-state index contributed by atoms with van der Waals surface area (Å²) in [6.45, 7) is 4.42. The minimum atomic E-state index is -4.01. The molecule has 0 aromatic carbocycles. The van der Waals surface area contributed by atoms with Gasteiger partial charge in [-0.25, -0.2) is 0 Å². The molecule has 1 N–H and O–H groups in total. The van der Waals surface area contributed by atoms with E-state index in [-0.39, 0.29) is 12.8 Å². The maximum atomic E-state index is 12.5. The SMILES string of the molecule is COCCCNCCN1CCC(C(F)(F)F)CC1. The van der Waals surface area contributed by atoms with Crippen molar-refractivity contribution in [3.8, 4) is 0 Å². The van der Waals surface area contributed by atoms with Gasteiger partial charge >= 0.3 is 6.18 Å². The molecule has 0 radical (unpaired) electrons.